The largest absolute Gasteiger partial charge is 0.350 e. The van der Waals surface area contributed by atoms with Gasteiger partial charge < -0.3 is 5.32 Å². The molecule has 1 aliphatic carbocycles. The van der Waals surface area contributed by atoms with Crippen LogP contribution in [0.25, 0.3) is 10.9 Å². The Morgan fingerprint density at radius 2 is 1.90 bits per heavy atom. The molecule has 1 amide bonds. The predicted molar refractivity (Wildman–Crippen MR) is 85.7 cm³/mol. The van der Waals surface area contributed by atoms with E-state index in [1.165, 1.54) is 0 Å². The van der Waals surface area contributed by atoms with Crippen LogP contribution in [-0.4, -0.2) is 22.8 Å². The second kappa shape index (κ2) is 6.44. The molecule has 0 atom stereocenters. The van der Waals surface area contributed by atoms with Crippen molar-refractivity contribution in [3.8, 4) is 0 Å². The molecule has 1 saturated carbocycles. The molecule has 0 unspecified atom stereocenters. The molecular formula is C17H19ClN2O. The first-order valence-corrected chi connectivity index (χ1v) is 7.94. The second-order valence-electron chi connectivity index (χ2n) is 5.72. The number of hydrogen-bond acceptors (Lipinski definition) is 2. The lowest BCUT2D eigenvalue weighted by molar-refractivity contribution is 0.0939. The molecule has 3 rings (SSSR count). The third-order valence-electron chi connectivity index (χ3n) is 4.16. The Balaban J connectivity index is 1.61. The van der Waals surface area contributed by atoms with Crippen LogP contribution in [0.15, 0.2) is 36.4 Å². The summed E-state index contributed by atoms with van der Waals surface area (Å²) in [6, 6.07) is 11.5. The van der Waals surface area contributed by atoms with Gasteiger partial charge in [0.1, 0.15) is 5.69 Å². The Hall–Kier alpha value is -1.61. The maximum atomic E-state index is 12.2. The molecule has 0 saturated heterocycles. The van der Waals surface area contributed by atoms with Gasteiger partial charge in [-0.15, -0.1) is 11.6 Å². The van der Waals surface area contributed by atoms with Crippen LogP contribution in [0.3, 0.4) is 0 Å². The van der Waals surface area contributed by atoms with Crippen molar-refractivity contribution in [2.45, 2.75) is 31.1 Å². The summed E-state index contributed by atoms with van der Waals surface area (Å²) in [5, 5.41) is 4.37. The van der Waals surface area contributed by atoms with Crippen molar-refractivity contribution in [3.63, 3.8) is 0 Å². The molecule has 0 aliphatic heterocycles. The molecule has 1 N–H and O–H groups in total. The van der Waals surface area contributed by atoms with Crippen LogP contribution in [0.1, 0.15) is 36.2 Å². The number of rotatable bonds is 3. The summed E-state index contributed by atoms with van der Waals surface area (Å²) in [7, 11) is 0. The molecule has 1 aromatic heterocycles. The minimum atomic E-state index is -0.0891. The lowest BCUT2D eigenvalue weighted by Crippen LogP contribution is -2.31. The third kappa shape index (κ3) is 3.53. The number of alkyl halides is 1. The number of benzene rings is 1. The average molecular weight is 303 g/mol. The Morgan fingerprint density at radius 3 is 2.71 bits per heavy atom. The van der Waals surface area contributed by atoms with Gasteiger partial charge in [-0.1, -0.05) is 24.3 Å². The van der Waals surface area contributed by atoms with Gasteiger partial charge in [-0.05, 0) is 43.7 Å². The Labute approximate surface area is 129 Å². The van der Waals surface area contributed by atoms with Crippen molar-refractivity contribution in [1.29, 1.82) is 0 Å². The monoisotopic (exact) mass is 302 g/mol. The Kier molecular flexibility index (Phi) is 4.39. The van der Waals surface area contributed by atoms with Gasteiger partial charge in [0.25, 0.3) is 5.91 Å². The minimum absolute atomic E-state index is 0.0891. The molecule has 0 spiro atoms. The summed E-state index contributed by atoms with van der Waals surface area (Å²) in [5.74, 6) is 0.457. The molecule has 1 heterocycles. The van der Waals surface area contributed by atoms with Crippen LogP contribution < -0.4 is 5.32 Å². The topological polar surface area (TPSA) is 42.0 Å². The maximum Gasteiger partial charge on any atom is 0.269 e. The van der Waals surface area contributed by atoms with Gasteiger partial charge in [-0.3, -0.25) is 4.79 Å². The average Bonchev–Trinajstić information content (AvgIpc) is 2.53. The van der Waals surface area contributed by atoms with Crippen molar-refractivity contribution in [1.82, 2.24) is 10.3 Å². The number of fused-ring (bicyclic) bond motifs is 1. The normalized spacial score (nSPS) is 22.1. The SMILES string of the molecule is O=C(NCC1CCC(Cl)CC1)c1ccc2ccccc2n1. The van der Waals surface area contributed by atoms with E-state index < -0.39 is 0 Å². The van der Waals surface area contributed by atoms with Crippen molar-refractivity contribution in [3.05, 3.63) is 42.1 Å². The van der Waals surface area contributed by atoms with Gasteiger partial charge in [0, 0.05) is 17.3 Å². The third-order valence-corrected chi connectivity index (χ3v) is 4.60. The van der Waals surface area contributed by atoms with Gasteiger partial charge in [-0.25, -0.2) is 4.98 Å². The highest BCUT2D eigenvalue weighted by Crippen LogP contribution is 2.27. The highest BCUT2D eigenvalue weighted by atomic mass is 35.5. The van der Waals surface area contributed by atoms with E-state index in [2.05, 4.69) is 10.3 Å². The highest BCUT2D eigenvalue weighted by Gasteiger charge is 2.20. The van der Waals surface area contributed by atoms with Gasteiger partial charge in [-0.2, -0.15) is 0 Å². The van der Waals surface area contributed by atoms with E-state index in [1.54, 1.807) is 6.07 Å². The smallest absolute Gasteiger partial charge is 0.269 e. The van der Waals surface area contributed by atoms with Gasteiger partial charge in [0.2, 0.25) is 0 Å². The van der Waals surface area contributed by atoms with E-state index in [0.29, 0.717) is 17.0 Å². The maximum absolute atomic E-state index is 12.2. The molecule has 1 fully saturated rings. The zero-order valence-electron chi connectivity index (χ0n) is 11.9. The molecule has 0 radical (unpaired) electrons. The number of carbonyl (C=O) groups excluding carboxylic acids is 1. The minimum Gasteiger partial charge on any atom is -0.350 e. The summed E-state index contributed by atoms with van der Waals surface area (Å²) in [6.07, 6.45) is 4.30. The number of aromatic nitrogens is 1. The molecular weight excluding hydrogens is 284 g/mol. The van der Waals surface area contributed by atoms with Crippen molar-refractivity contribution in [2.24, 2.45) is 5.92 Å². The lowest BCUT2D eigenvalue weighted by atomic mass is 9.89. The number of para-hydroxylation sites is 1. The Bertz CT molecular complexity index is 635. The van der Waals surface area contributed by atoms with Gasteiger partial charge >= 0.3 is 0 Å². The first kappa shape index (κ1) is 14.3. The number of hydrogen-bond donors (Lipinski definition) is 1. The fourth-order valence-electron chi connectivity index (χ4n) is 2.85. The molecule has 4 heteroatoms. The number of carbonyl (C=O) groups is 1. The Morgan fingerprint density at radius 1 is 1.14 bits per heavy atom. The second-order valence-corrected chi connectivity index (χ2v) is 6.33. The summed E-state index contributed by atoms with van der Waals surface area (Å²) in [6.45, 7) is 0.719. The zero-order valence-corrected chi connectivity index (χ0v) is 12.6. The van der Waals surface area contributed by atoms with E-state index in [-0.39, 0.29) is 5.91 Å². The summed E-state index contributed by atoms with van der Waals surface area (Å²) < 4.78 is 0. The fraction of sp³-hybridized carbons (Fsp3) is 0.412. The summed E-state index contributed by atoms with van der Waals surface area (Å²) >= 11 is 6.10. The van der Waals surface area contributed by atoms with Crippen LogP contribution in [0, 0.1) is 5.92 Å². The van der Waals surface area contributed by atoms with Crippen LogP contribution in [0.5, 0.6) is 0 Å². The highest BCUT2D eigenvalue weighted by molar-refractivity contribution is 6.20. The molecule has 110 valence electrons. The lowest BCUT2D eigenvalue weighted by Gasteiger charge is -2.24. The number of amides is 1. The summed E-state index contributed by atoms with van der Waals surface area (Å²) in [4.78, 5) is 16.6. The van der Waals surface area contributed by atoms with E-state index >= 15 is 0 Å². The fourth-order valence-corrected chi connectivity index (χ4v) is 3.10. The first-order valence-electron chi connectivity index (χ1n) is 7.50. The van der Waals surface area contributed by atoms with E-state index in [1.807, 2.05) is 30.3 Å². The van der Waals surface area contributed by atoms with Crippen LogP contribution in [-0.2, 0) is 0 Å². The zero-order chi connectivity index (χ0) is 14.7. The quantitative estimate of drug-likeness (QED) is 0.877. The van der Waals surface area contributed by atoms with Crippen molar-refractivity contribution < 1.29 is 4.79 Å². The van der Waals surface area contributed by atoms with Crippen molar-refractivity contribution >= 4 is 28.4 Å². The predicted octanol–water partition coefficient (Wildman–Crippen LogP) is 3.76. The van der Waals surface area contributed by atoms with Crippen LogP contribution in [0.4, 0.5) is 0 Å². The standard InChI is InChI=1S/C17H19ClN2O/c18-14-8-5-12(6-9-14)11-19-17(21)16-10-7-13-3-1-2-4-15(13)20-16/h1-4,7,10,12,14H,5-6,8-9,11H2,(H,19,21). The molecule has 2 aromatic rings. The number of pyridine rings is 1. The van der Waals surface area contributed by atoms with Crippen LogP contribution in [0.2, 0.25) is 0 Å². The van der Waals surface area contributed by atoms with Gasteiger partial charge in [0.05, 0.1) is 5.52 Å². The van der Waals surface area contributed by atoms with Gasteiger partial charge in [0.15, 0.2) is 0 Å². The number of nitrogens with one attached hydrogen (secondary N) is 1. The molecule has 21 heavy (non-hydrogen) atoms. The first-order chi connectivity index (χ1) is 10.2. The van der Waals surface area contributed by atoms with Crippen molar-refractivity contribution in [2.75, 3.05) is 6.54 Å². The molecule has 1 aliphatic rings. The van der Waals surface area contributed by atoms with E-state index in [9.17, 15) is 4.79 Å². The number of nitrogens with zero attached hydrogens (tertiary/aromatic N) is 1. The van der Waals surface area contributed by atoms with Crippen LogP contribution >= 0.6 is 11.6 Å². The number of halogens is 1. The molecule has 1 aromatic carbocycles. The van der Waals surface area contributed by atoms with E-state index in [4.69, 9.17) is 11.6 Å². The molecule has 3 nitrogen and oxygen atoms in total. The summed E-state index contributed by atoms with van der Waals surface area (Å²) in [5.41, 5.74) is 1.34. The molecule has 0 bridgehead atoms. The van der Waals surface area contributed by atoms with E-state index in [0.717, 1.165) is 43.1 Å².